The number of methoxy groups -OCH3 is 1. The Bertz CT molecular complexity index is 1150. The molecule has 34 heavy (non-hydrogen) atoms. The summed E-state index contributed by atoms with van der Waals surface area (Å²) in [5.74, 6) is 1.37. The first kappa shape index (κ1) is 26.2. The molecule has 0 radical (unpaired) electrons. The molecule has 0 bridgehead atoms. The van der Waals surface area contributed by atoms with Crippen LogP contribution in [0.4, 0.5) is 0 Å². The van der Waals surface area contributed by atoms with Crippen LogP contribution in [0.25, 0.3) is 0 Å². The zero-order chi connectivity index (χ0) is 25.2. The Balaban J connectivity index is 1.86. The van der Waals surface area contributed by atoms with Crippen molar-refractivity contribution >= 4 is 15.9 Å². The standard InChI is InChI=1S/C27H38N2O4S/c1-17(2)23-16-24(20(5)14-26(23)33-7)21(6)28-27(30)25-15-22(9-8-19(25)4)34(31,32)29-12-10-18(3)11-13-29/h8-9,14-18,21H,10-13H2,1-7H3,(H,28,30). The number of carbonyl (C=O) groups excluding carboxylic acids is 1. The number of hydrogen-bond donors (Lipinski definition) is 1. The summed E-state index contributed by atoms with van der Waals surface area (Å²) in [6.45, 7) is 13.2. The summed E-state index contributed by atoms with van der Waals surface area (Å²) in [6, 6.07) is 8.68. The number of hydrogen-bond acceptors (Lipinski definition) is 4. The summed E-state index contributed by atoms with van der Waals surface area (Å²) in [4.78, 5) is 13.4. The maximum atomic E-state index is 13.3. The number of carbonyl (C=O) groups is 1. The highest BCUT2D eigenvalue weighted by atomic mass is 32.2. The third-order valence-corrected chi connectivity index (χ3v) is 8.78. The van der Waals surface area contributed by atoms with Gasteiger partial charge in [0.25, 0.3) is 5.91 Å². The summed E-state index contributed by atoms with van der Waals surface area (Å²) >= 11 is 0. The average Bonchev–Trinajstić information content (AvgIpc) is 2.78. The van der Waals surface area contributed by atoms with Crippen LogP contribution in [0.5, 0.6) is 5.75 Å². The lowest BCUT2D eigenvalue weighted by atomic mass is 9.93. The molecule has 186 valence electrons. The smallest absolute Gasteiger partial charge is 0.252 e. The number of ether oxygens (including phenoxy) is 1. The molecule has 1 saturated heterocycles. The molecule has 0 saturated carbocycles. The number of sulfonamides is 1. The van der Waals surface area contributed by atoms with Crippen molar-refractivity contribution in [1.82, 2.24) is 9.62 Å². The first-order valence-electron chi connectivity index (χ1n) is 12.1. The highest BCUT2D eigenvalue weighted by Gasteiger charge is 2.29. The molecule has 1 fully saturated rings. The lowest BCUT2D eigenvalue weighted by molar-refractivity contribution is 0.0939. The van der Waals surface area contributed by atoms with Crippen molar-refractivity contribution < 1.29 is 17.9 Å². The van der Waals surface area contributed by atoms with Crippen LogP contribution in [-0.2, 0) is 10.0 Å². The summed E-state index contributed by atoms with van der Waals surface area (Å²) < 4.78 is 33.5. The summed E-state index contributed by atoms with van der Waals surface area (Å²) in [5.41, 5.74) is 4.26. The minimum Gasteiger partial charge on any atom is -0.496 e. The normalized spacial score (nSPS) is 16.5. The largest absolute Gasteiger partial charge is 0.496 e. The van der Waals surface area contributed by atoms with E-state index in [1.165, 1.54) is 10.4 Å². The molecular weight excluding hydrogens is 448 g/mol. The van der Waals surface area contributed by atoms with Gasteiger partial charge in [0, 0.05) is 18.7 Å². The van der Waals surface area contributed by atoms with Gasteiger partial charge in [0.2, 0.25) is 10.0 Å². The molecule has 1 unspecified atom stereocenters. The Hall–Kier alpha value is -2.38. The Kier molecular flexibility index (Phi) is 8.09. The van der Waals surface area contributed by atoms with Gasteiger partial charge in [-0.15, -0.1) is 0 Å². The van der Waals surface area contributed by atoms with Crippen LogP contribution in [0.15, 0.2) is 35.2 Å². The molecule has 6 nitrogen and oxygen atoms in total. The molecule has 0 aliphatic carbocycles. The first-order valence-corrected chi connectivity index (χ1v) is 13.5. The Morgan fingerprint density at radius 3 is 2.26 bits per heavy atom. The fraction of sp³-hybridized carbons (Fsp3) is 0.519. The highest BCUT2D eigenvalue weighted by Crippen LogP contribution is 2.32. The molecule has 0 spiro atoms. The second-order valence-electron chi connectivity index (χ2n) is 9.86. The Morgan fingerprint density at radius 1 is 1.03 bits per heavy atom. The lowest BCUT2D eigenvalue weighted by Crippen LogP contribution is -2.38. The average molecular weight is 487 g/mol. The number of piperidine rings is 1. The summed E-state index contributed by atoms with van der Waals surface area (Å²) in [5, 5.41) is 3.07. The zero-order valence-corrected chi connectivity index (χ0v) is 22.3. The van der Waals surface area contributed by atoms with Gasteiger partial charge in [0.1, 0.15) is 5.75 Å². The number of aryl methyl sites for hydroxylation is 2. The van der Waals surface area contributed by atoms with Crippen molar-refractivity contribution in [2.45, 2.75) is 71.2 Å². The van der Waals surface area contributed by atoms with Crippen molar-refractivity contribution in [3.05, 3.63) is 58.1 Å². The SMILES string of the molecule is COc1cc(C)c(C(C)NC(=O)c2cc(S(=O)(=O)N3CCC(C)CC3)ccc2C)cc1C(C)C. The molecule has 1 heterocycles. The molecule has 3 rings (SSSR count). The van der Waals surface area contributed by atoms with Crippen molar-refractivity contribution in [3.8, 4) is 5.75 Å². The zero-order valence-electron chi connectivity index (χ0n) is 21.4. The predicted octanol–water partition coefficient (Wildman–Crippen LogP) is 5.35. The van der Waals surface area contributed by atoms with Crippen molar-refractivity contribution in [2.24, 2.45) is 5.92 Å². The molecule has 0 aromatic heterocycles. The number of rotatable bonds is 7. The number of benzene rings is 2. The molecule has 1 aliphatic rings. The van der Waals surface area contributed by atoms with Crippen molar-refractivity contribution in [3.63, 3.8) is 0 Å². The van der Waals surface area contributed by atoms with E-state index in [2.05, 4.69) is 32.2 Å². The fourth-order valence-electron chi connectivity index (χ4n) is 4.54. The maximum absolute atomic E-state index is 13.3. The van der Waals surface area contributed by atoms with E-state index in [-0.39, 0.29) is 22.8 Å². The second kappa shape index (κ2) is 10.5. The molecule has 1 N–H and O–H groups in total. The summed E-state index contributed by atoms with van der Waals surface area (Å²) in [6.07, 6.45) is 1.71. The third kappa shape index (κ3) is 5.47. The quantitative estimate of drug-likeness (QED) is 0.573. The number of nitrogens with zero attached hydrogens (tertiary/aromatic N) is 1. The number of nitrogens with one attached hydrogen (secondary N) is 1. The van der Waals surface area contributed by atoms with E-state index in [1.54, 1.807) is 19.2 Å². The van der Waals surface area contributed by atoms with Crippen molar-refractivity contribution in [2.75, 3.05) is 20.2 Å². The minimum absolute atomic E-state index is 0.174. The molecule has 7 heteroatoms. The van der Waals surface area contributed by atoms with Crippen LogP contribution in [0, 0.1) is 19.8 Å². The monoisotopic (exact) mass is 486 g/mol. The van der Waals surface area contributed by atoms with Gasteiger partial charge in [0.15, 0.2) is 0 Å². The summed E-state index contributed by atoms with van der Waals surface area (Å²) in [7, 11) is -1.96. The molecule has 1 aliphatic heterocycles. The van der Waals surface area contributed by atoms with Gasteiger partial charge >= 0.3 is 0 Å². The van der Waals surface area contributed by atoms with E-state index in [1.807, 2.05) is 26.8 Å². The van der Waals surface area contributed by atoms with Gasteiger partial charge in [-0.25, -0.2) is 8.42 Å². The van der Waals surface area contributed by atoms with Gasteiger partial charge in [-0.05, 0) is 92.0 Å². The van der Waals surface area contributed by atoms with Crippen molar-refractivity contribution in [1.29, 1.82) is 0 Å². The molecule has 2 aromatic rings. The third-order valence-electron chi connectivity index (χ3n) is 6.89. The van der Waals surface area contributed by atoms with Gasteiger partial charge < -0.3 is 10.1 Å². The predicted molar refractivity (Wildman–Crippen MR) is 136 cm³/mol. The fourth-order valence-corrected chi connectivity index (χ4v) is 6.04. The number of amides is 1. The van der Waals surface area contributed by atoms with E-state index in [0.717, 1.165) is 40.8 Å². The van der Waals surface area contributed by atoms with E-state index in [0.29, 0.717) is 24.6 Å². The molecule has 1 amide bonds. The van der Waals surface area contributed by atoms with E-state index >= 15 is 0 Å². The highest BCUT2D eigenvalue weighted by molar-refractivity contribution is 7.89. The van der Waals surface area contributed by atoms with E-state index < -0.39 is 10.0 Å². The van der Waals surface area contributed by atoms with Gasteiger partial charge in [-0.1, -0.05) is 26.8 Å². The first-order chi connectivity index (χ1) is 15.9. The van der Waals surface area contributed by atoms with Crippen LogP contribution < -0.4 is 10.1 Å². The van der Waals surface area contributed by atoms with Crippen LogP contribution in [0.3, 0.4) is 0 Å². The van der Waals surface area contributed by atoms with Gasteiger partial charge in [-0.3, -0.25) is 4.79 Å². The minimum atomic E-state index is -3.63. The van der Waals surface area contributed by atoms with Crippen LogP contribution >= 0.6 is 0 Å². The Morgan fingerprint density at radius 2 is 1.68 bits per heavy atom. The molecular formula is C27H38N2O4S. The van der Waals surface area contributed by atoms with Gasteiger partial charge in [0.05, 0.1) is 18.0 Å². The molecule has 1 atom stereocenters. The van der Waals surface area contributed by atoms with Crippen LogP contribution in [-0.4, -0.2) is 38.8 Å². The van der Waals surface area contributed by atoms with Gasteiger partial charge in [-0.2, -0.15) is 4.31 Å². The molecule has 2 aromatic carbocycles. The van der Waals surface area contributed by atoms with Crippen LogP contribution in [0.2, 0.25) is 0 Å². The second-order valence-corrected chi connectivity index (χ2v) is 11.8. The van der Waals surface area contributed by atoms with E-state index in [4.69, 9.17) is 4.74 Å². The van der Waals surface area contributed by atoms with Crippen LogP contribution in [0.1, 0.15) is 85.1 Å². The maximum Gasteiger partial charge on any atom is 0.252 e. The van der Waals surface area contributed by atoms with E-state index in [9.17, 15) is 13.2 Å². The Labute approximate surface area is 204 Å². The topological polar surface area (TPSA) is 75.7 Å². The lowest BCUT2D eigenvalue weighted by Gasteiger charge is -2.29.